The summed E-state index contributed by atoms with van der Waals surface area (Å²) < 4.78 is 6.95. The molecule has 2 heterocycles. The molecule has 0 saturated carbocycles. The van der Waals surface area contributed by atoms with E-state index in [1.165, 1.54) is 4.57 Å². The Bertz CT molecular complexity index is 866. The summed E-state index contributed by atoms with van der Waals surface area (Å²) in [7, 11) is 6.15. The minimum Gasteiger partial charge on any atom is -0.444 e. The van der Waals surface area contributed by atoms with Crippen molar-refractivity contribution in [1.82, 2.24) is 9.47 Å². The van der Waals surface area contributed by atoms with Crippen molar-refractivity contribution >= 4 is 25.1 Å². The van der Waals surface area contributed by atoms with E-state index in [0.717, 1.165) is 5.69 Å². The average Bonchev–Trinajstić information content (AvgIpc) is 2.63. The molecule has 1 aromatic carbocycles. The molecule has 2 radical (unpaired) electrons. The number of carbonyl (C=O) groups is 1. The van der Waals surface area contributed by atoms with Crippen LogP contribution >= 0.6 is 0 Å². The van der Waals surface area contributed by atoms with Gasteiger partial charge in [0.05, 0.1) is 0 Å². The third kappa shape index (κ3) is 4.35. The fraction of sp³-hybridized carbons (Fsp3) is 0.400. The number of rotatable bonds is 2. The molecule has 0 aliphatic carbocycles. The summed E-state index contributed by atoms with van der Waals surface area (Å²) in [5, 5.41) is 0. The fourth-order valence-corrected chi connectivity index (χ4v) is 3.07. The molecule has 1 aliphatic rings. The van der Waals surface area contributed by atoms with E-state index < -0.39 is 5.60 Å². The monoisotopic (exact) mass is 365 g/mol. The summed E-state index contributed by atoms with van der Waals surface area (Å²) >= 11 is 0. The van der Waals surface area contributed by atoms with Crippen LogP contribution < -0.4 is 15.9 Å². The first-order valence-corrected chi connectivity index (χ1v) is 9.06. The Morgan fingerprint density at radius 1 is 1.04 bits per heavy atom. The van der Waals surface area contributed by atoms with E-state index in [4.69, 9.17) is 12.6 Å². The lowest BCUT2D eigenvalue weighted by molar-refractivity contribution is 0.0240. The number of carbonyl (C=O) groups excluding carboxylic acids is 1. The minimum atomic E-state index is -0.513. The van der Waals surface area contributed by atoms with Gasteiger partial charge >= 0.3 is 6.09 Å². The van der Waals surface area contributed by atoms with E-state index in [9.17, 15) is 9.59 Å². The number of aromatic nitrogens is 1. The summed E-state index contributed by atoms with van der Waals surface area (Å²) in [5.41, 5.74) is 0.937. The molecule has 6 nitrogen and oxygen atoms in total. The van der Waals surface area contributed by atoms with Crippen LogP contribution in [-0.4, -0.2) is 55.2 Å². The van der Waals surface area contributed by atoms with Gasteiger partial charge in [0.1, 0.15) is 13.4 Å². The third-order valence-corrected chi connectivity index (χ3v) is 4.41. The standard InChI is InChI=1S/C20H24BN3O3/c1-20(2,3)27-19(26)23-13-11-22(12-14-23)16-9-10-24(18(25)17(16)21)15-7-5-4-6-8-15/h4-10H,11-14H2,1-3H3. The van der Waals surface area contributed by atoms with Crippen LogP contribution in [0.2, 0.25) is 0 Å². The maximum absolute atomic E-state index is 12.7. The number of pyridine rings is 1. The van der Waals surface area contributed by atoms with E-state index in [1.54, 1.807) is 11.1 Å². The number of amides is 1. The maximum Gasteiger partial charge on any atom is 0.410 e. The molecule has 140 valence electrons. The third-order valence-electron chi connectivity index (χ3n) is 4.41. The van der Waals surface area contributed by atoms with Crippen LogP contribution in [0.5, 0.6) is 0 Å². The lowest BCUT2D eigenvalue weighted by Gasteiger charge is -2.37. The zero-order valence-electron chi connectivity index (χ0n) is 16.0. The summed E-state index contributed by atoms with van der Waals surface area (Å²) in [4.78, 5) is 28.6. The van der Waals surface area contributed by atoms with Gasteiger partial charge in [-0.3, -0.25) is 9.36 Å². The first-order chi connectivity index (χ1) is 12.8. The van der Waals surface area contributed by atoms with E-state index >= 15 is 0 Å². The number of hydrogen-bond donors (Lipinski definition) is 0. The molecule has 0 unspecified atom stereocenters. The van der Waals surface area contributed by atoms with Gasteiger partial charge in [0.2, 0.25) is 5.56 Å². The molecule has 3 rings (SSSR count). The highest BCUT2D eigenvalue weighted by molar-refractivity contribution is 6.35. The fourth-order valence-electron chi connectivity index (χ4n) is 3.07. The topological polar surface area (TPSA) is 54.8 Å². The van der Waals surface area contributed by atoms with Gasteiger partial charge in [0.25, 0.3) is 0 Å². The van der Waals surface area contributed by atoms with Crippen molar-refractivity contribution in [2.24, 2.45) is 0 Å². The van der Waals surface area contributed by atoms with Crippen LogP contribution in [0.1, 0.15) is 20.8 Å². The number of nitrogens with zero attached hydrogens (tertiary/aromatic N) is 3. The van der Waals surface area contributed by atoms with E-state index in [0.29, 0.717) is 31.9 Å². The van der Waals surface area contributed by atoms with E-state index in [2.05, 4.69) is 0 Å². The molecule has 0 spiro atoms. The maximum atomic E-state index is 12.7. The van der Waals surface area contributed by atoms with E-state index in [1.807, 2.05) is 62.1 Å². The highest BCUT2D eigenvalue weighted by Crippen LogP contribution is 2.16. The number of hydrogen-bond acceptors (Lipinski definition) is 4. The normalized spacial score (nSPS) is 14.9. The smallest absolute Gasteiger partial charge is 0.410 e. The highest BCUT2D eigenvalue weighted by atomic mass is 16.6. The highest BCUT2D eigenvalue weighted by Gasteiger charge is 2.26. The Labute approximate surface area is 160 Å². The van der Waals surface area contributed by atoms with Gasteiger partial charge in [-0.15, -0.1) is 0 Å². The molecule has 2 aromatic rings. The lowest BCUT2D eigenvalue weighted by atomic mass is 9.94. The van der Waals surface area contributed by atoms with Gasteiger partial charge in [0, 0.05) is 43.8 Å². The molecule has 1 saturated heterocycles. The zero-order chi connectivity index (χ0) is 19.6. The number of piperazine rings is 1. The molecule has 0 bridgehead atoms. The van der Waals surface area contributed by atoms with Gasteiger partial charge < -0.3 is 14.5 Å². The second kappa shape index (κ2) is 7.51. The second-order valence-electron chi connectivity index (χ2n) is 7.58. The Kier molecular flexibility index (Phi) is 5.30. The second-order valence-corrected chi connectivity index (χ2v) is 7.58. The predicted molar refractivity (Wildman–Crippen MR) is 107 cm³/mol. The quantitative estimate of drug-likeness (QED) is 0.761. The summed E-state index contributed by atoms with van der Waals surface area (Å²) in [6.45, 7) is 7.79. The first kappa shape index (κ1) is 19.1. The predicted octanol–water partition coefficient (Wildman–Crippen LogP) is 1.69. The molecular weight excluding hydrogens is 341 g/mol. The van der Waals surface area contributed by atoms with Gasteiger partial charge in [-0.05, 0) is 44.4 Å². The number of anilines is 1. The summed E-state index contributed by atoms with van der Waals surface area (Å²) in [6.07, 6.45) is 1.43. The number of benzene rings is 1. The van der Waals surface area contributed by atoms with Gasteiger partial charge in [0.15, 0.2) is 0 Å². The van der Waals surface area contributed by atoms with Crippen LogP contribution in [0.3, 0.4) is 0 Å². The molecule has 1 aliphatic heterocycles. The first-order valence-electron chi connectivity index (χ1n) is 9.06. The average molecular weight is 365 g/mol. The van der Waals surface area contributed by atoms with Gasteiger partial charge in [-0.2, -0.15) is 0 Å². The molecule has 27 heavy (non-hydrogen) atoms. The number of ether oxygens (including phenoxy) is 1. The Morgan fingerprint density at radius 3 is 2.26 bits per heavy atom. The van der Waals surface area contributed by atoms with Crippen LogP contribution in [0, 0.1) is 0 Å². The molecule has 1 aromatic heterocycles. The van der Waals surface area contributed by atoms with Crippen molar-refractivity contribution < 1.29 is 9.53 Å². The Hall–Kier alpha value is -2.70. The zero-order valence-corrected chi connectivity index (χ0v) is 16.0. The van der Waals surface area contributed by atoms with Crippen molar-refractivity contribution in [3.63, 3.8) is 0 Å². The van der Waals surface area contributed by atoms with Gasteiger partial charge in [-0.25, -0.2) is 4.79 Å². The largest absolute Gasteiger partial charge is 0.444 e. The van der Waals surface area contributed by atoms with Crippen molar-refractivity contribution in [3.8, 4) is 5.69 Å². The molecule has 0 N–H and O–H groups in total. The molecule has 0 atom stereocenters. The van der Waals surface area contributed by atoms with Crippen molar-refractivity contribution in [2.45, 2.75) is 26.4 Å². The molecular formula is C20H24BN3O3. The van der Waals surface area contributed by atoms with Crippen LogP contribution in [0.4, 0.5) is 10.5 Å². The molecule has 1 amide bonds. The Morgan fingerprint density at radius 2 is 1.67 bits per heavy atom. The van der Waals surface area contributed by atoms with Crippen LogP contribution in [-0.2, 0) is 4.74 Å². The van der Waals surface area contributed by atoms with Gasteiger partial charge in [-0.1, -0.05) is 18.2 Å². The SMILES string of the molecule is [B]c1c(N2CCN(C(=O)OC(C)(C)C)CC2)ccn(-c2ccccc2)c1=O. The Balaban J connectivity index is 1.73. The minimum absolute atomic E-state index is 0.215. The van der Waals surface area contributed by atoms with Crippen molar-refractivity contribution in [3.05, 3.63) is 52.9 Å². The van der Waals surface area contributed by atoms with Crippen LogP contribution in [0.15, 0.2) is 47.4 Å². The molecule has 1 fully saturated rings. The van der Waals surface area contributed by atoms with E-state index in [-0.39, 0.29) is 17.1 Å². The lowest BCUT2D eigenvalue weighted by Crippen LogP contribution is -2.52. The number of para-hydroxylation sites is 1. The van der Waals surface area contributed by atoms with Crippen LogP contribution in [0.25, 0.3) is 5.69 Å². The van der Waals surface area contributed by atoms with Crippen molar-refractivity contribution in [2.75, 3.05) is 31.1 Å². The molecule has 7 heteroatoms. The summed E-state index contributed by atoms with van der Waals surface area (Å²) in [5.74, 6) is 0. The summed E-state index contributed by atoms with van der Waals surface area (Å²) in [6, 6.07) is 11.2. The van der Waals surface area contributed by atoms with Crippen molar-refractivity contribution in [1.29, 1.82) is 0 Å².